The fourth-order valence-electron chi connectivity index (χ4n) is 2.36. The average Bonchev–Trinajstić information content (AvgIpc) is 2.46. The van der Waals surface area contributed by atoms with Crippen molar-refractivity contribution in [3.63, 3.8) is 0 Å². The highest BCUT2D eigenvalue weighted by atomic mass is 16.4. The van der Waals surface area contributed by atoms with Crippen LogP contribution in [0.4, 0.5) is 5.69 Å². The highest BCUT2D eigenvalue weighted by Gasteiger charge is 2.13. The summed E-state index contributed by atoms with van der Waals surface area (Å²) >= 11 is 0. The van der Waals surface area contributed by atoms with Gasteiger partial charge in [-0.2, -0.15) is 0 Å². The summed E-state index contributed by atoms with van der Waals surface area (Å²) in [5, 5.41) is 9.26. The second kappa shape index (κ2) is 6.24. The molecule has 1 N–H and O–H groups in total. The number of aromatic carboxylic acids is 1. The molecule has 20 heavy (non-hydrogen) atoms. The number of para-hydroxylation sites is 1. The molecule has 0 radical (unpaired) electrons. The van der Waals surface area contributed by atoms with E-state index in [1.54, 1.807) is 12.1 Å². The van der Waals surface area contributed by atoms with Crippen LogP contribution in [0, 0.1) is 6.92 Å². The second-order valence-corrected chi connectivity index (χ2v) is 4.76. The van der Waals surface area contributed by atoms with Crippen LogP contribution in [0.1, 0.15) is 28.4 Å². The van der Waals surface area contributed by atoms with Gasteiger partial charge in [-0.25, -0.2) is 4.79 Å². The van der Waals surface area contributed by atoms with Crippen molar-refractivity contribution in [1.29, 1.82) is 0 Å². The lowest BCUT2D eigenvalue weighted by molar-refractivity contribution is 0.0695. The monoisotopic (exact) mass is 269 g/mol. The minimum Gasteiger partial charge on any atom is -0.478 e. The number of benzene rings is 2. The van der Waals surface area contributed by atoms with Gasteiger partial charge in [0.1, 0.15) is 0 Å². The van der Waals surface area contributed by atoms with Gasteiger partial charge in [-0.15, -0.1) is 0 Å². The number of nitrogens with zero attached hydrogens (tertiary/aromatic N) is 1. The Morgan fingerprint density at radius 3 is 2.40 bits per heavy atom. The summed E-state index contributed by atoms with van der Waals surface area (Å²) in [4.78, 5) is 13.5. The molecule has 0 heterocycles. The van der Waals surface area contributed by atoms with Crippen LogP contribution in [0.25, 0.3) is 0 Å². The first-order chi connectivity index (χ1) is 9.63. The Morgan fingerprint density at radius 1 is 1.10 bits per heavy atom. The fourth-order valence-corrected chi connectivity index (χ4v) is 2.36. The molecule has 0 saturated carbocycles. The molecule has 0 unspecified atom stereocenters. The lowest BCUT2D eigenvalue weighted by atomic mass is 10.1. The van der Waals surface area contributed by atoms with E-state index >= 15 is 0 Å². The molecule has 0 aromatic heterocycles. The lowest BCUT2D eigenvalue weighted by Gasteiger charge is -2.25. The maximum absolute atomic E-state index is 11.3. The predicted molar refractivity (Wildman–Crippen MR) is 81.3 cm³/mol. The molecule has 3 nitrogen and oxygen atoms in total. The first kappa shape index (κ1) is 14.1. The Hall–Kier alpha value is -2.29. The molecule has 3 heteroatoms. The number of carboxylic acids is 1. The van der Waals surface area contributed by atoms with Gasteiger partial charge in [0.15, 0.2) is 0 Å². The summed E-state index contributed by atoms with van der Waals surface area (Å²) < 4.78 is 0. The zero-order valence-corrected chi connectivity index (χ0v) is 11.8. The van der Waals surface area contributed by atoms with Crippen LogP contribution in [0.15, 0.2) is 48.5 Å². The molecule has 0 aliphatic rings. The van der Waals surface area contributed by atoms with Crippen LogP contribution < -0.4 is 4.90 Å². The highest BCUT2D eigenvalue weighted by molar-refractivity contribution is 5.89. The number of rotatable bonds is 5. The van der Waals surface area contributed by atoms with E-state index in [2.05, 4.69) is 30.9 Å². The van der Waals surface area contributed by atoms with Crippen LogP contribution in [0.2, 0.25) is 0 Å². The topological polar surface area (TPSA) is 40.5 Å². The molecule has 0 aliphatic heterocycles. The molecule has 0 spiro atoms. The van der Waals surface area contributed by atoms with E-state index in [0.29, 0.717) is 12.1 Å². The first-order valence-electron chi connectivity index (χ1n) is 6.75. The Balaban J connectivity index is 2.32. The van der Waals surface area contributed by atoms with Gasteiger partial charge in [-0.05, 0) is 37.1 Å². The van der Waals surface area contributed by atoms with Gasteiger partial charge in [0.05, 0.1) is 5.56 Å². The summed E-state index contributed by atoms with van der Waals surface area (Å²) in [6, 6.07) is 15.3. The first-order valence-corrected chi connectivity index (χ1v) is 6.75. The van der Waals surface area contributed by atoms with Gasteiger partial charge in [0.2, 0.25) is 0 Å². The van der Waals surface area contributed by atoms with E-state index in [0.717, 1.165) is 17.8 Å². The van der Waals surface area contributed by atoms with Gasteiger partial charge < -0.3 is 10.0 Å². The van der Waals surface area contributed by atoms with Crippen LogP contribution >= 0.6 is 0 Å². The summed E-state index contributed by atoms with van der Waals surface area (Å²) in [5.41, 5.74) is 3.56. The van der Waals surface area contributed by atoms with Crippen molar-refractivity contribution >= 4 is 11.7 Å². The van der Waals surface area contributed by atoms with E-state index in [9.17, 15) is 9.90 Å². The van der Waals surface area contributed by atoms with Gasteiger partial charge in [-0.1, -0.05) is 36.4 Å². The van der Waals surface area contributed by atoms with Crippen LogP contribution in [0.3, 0.4) is 0 Å². The summed E-state index contributed by atoms with van der Waals surface area (Å²) in [5.74, 6) is -0.874. The normalized spacial score (nSPS) is 10.3. The van der Waals surface area contributed by atoms with Gasteiger partial charge in [0, 0.05) is 18.8 Å². The maximum Gasteiger partial charge on any atom is 0.336 e. The van der Waals surface area contributed by atoms with E-state index in [1.807, 2.05) is 24.3 Å². The number of hydrogen-bond donors (Lipinski definition) is 1. The van der Waals surface area contributed by atoms with Crippen LogP contribution in [-0.2, 0) is 6.54 Å². The van der Waals surface area contributed by atoms with E-state index < -0.39 is 5.97 Å². The molecular weight excluding hydrogens is 250 g/mol. The van der Waals surface area contributed by atoms with Crippen molar-refractivity contribution in [3.8, 4) is 0 Å². The summed E-state index contributed by atoms with van der Waals surface area (Å²) in [6.45, 7) is 5.58. The Bertz CT molecular complexity index is 607. The van der Waals surface area contributed by atoms with Crippen molar-refractivity contribution in [2.75, 3.05) is 11.4 Å². The van der Waals surface area contributed by atoms with Crippen molar-refractivity contribution in [3.05, 3.63) is 65.2 Å². The van der Waals surface area contributed by atoms with Crippen molar-refractivity contribution in [2.45, 2.75) is 20.4 Å². The molecule has 2 aromatic carbocycles. The van der Waals surface area contributed by atoms with E-state index in [4.69, 9.17) is 0 Å². The van der Waals surface area contributed by atoms with E-state index in [-0.39, 0.29) is 0 Å². The minimum atomic E-state index is -0.874. The number of carbonyl (C=O) groups is 1. The Morgan fingerprint density at radius 2 is 1.75 bits per heavy atom. The summed E-state index contributed by atoms with van der Waals surface area (Å²) in [7, 11) is 0. The number of anilines is 1. The molecular formula is C17H19NO2. The molecule has 0 fully saturated rings. The molecule has 0 aliphatic carbocycles. The number of hydrogen-bond acceptors (Lipinski definition) is 2. The quantitative estimate of drug-likeness (QED) is 0.899. The van der Waals surface area contributed by atoms with Gasteiger partial charge in [-0.3, -0.25) is 0 Å². The number of aryl methyl sites for hydroxylation is 1. The molecule has 2 rings (SSSR count). The third-order valence-electron chi connectivity index (χ3n) is 3.45. The standard InChI is InChI=1S/C17H19NO2/c1-3-18(16-11-7-4-8-13(16)2)12-14-9-5-6-10-15(14)17(19)20/h4-11H,3,12H2,1-2H3,(H,19,20). The predicted octanol–water partition coefficient (Wildman–Crippen LogP) is 3.72. The van der Waals surface area contributed by atoms with Crippen LogP contribution in [-0.4, -0.2) is 17.6 Å². The molecule has 104 valence electrons. The van der Waals surface area contributed by atoms with E-state index in [1.165, 1.54) is 5.56 Å². The summed E-state index contributed by atoms with van der Waals surface area (Å²) in [6.07, 6.45) is 0. The molecule has 2 aromatic rings. The molecule has 0 amide bonds. The van der Waals surface area contributed by atoms with Gasteiger partial charge in [0.25, 0.3) is 0 Å². The lowest BCUT2D eigenvalue weighted by Crippen LogP contribution is -2.24. The Kier molecular flexibility index (Phi) is 4.41. The van der Waals surface area contributed by atoms with Crippen LogP contribution in [0.5, 0.6) is 0 Å². The minimum absolute atomic E-state index is 0.375. The van der Waals surface area contributed by atoms with Crippen molar-refractivity contribution in [2.24, 2.45) is 0 Å². The third kappa shape index (κ3) is 2.99. The second-order valence-electron chi connectivity index (χ2n) is 4.76. The Labute approximate surface area is 119 Å². The molecule has 0 atom stereocenters. The maximum atomic E-state index is 11.3. The largest absolute Gasteiger partial charge is 0.478 e. The third-order valence-corrected chi connectivity index (χ3v) is 3.45. The SMILES string of the molecule is CCN(Cc1ccccc1C(=O)O)c1ccccc1C. The van der Waals surface area contributed by atoms with Crippen molar-refractivity contribution in [1.82, 2.24) is 0 Å². The fraction of sp³-hybridized carbons (Fsp3) is 0.235. The zero-order valence-electron chi connectivity index (χ0n) is 11.8. The zero-order chi connectivity index (χ0) is 14.5. The van der Waals surface area contributed by atoms with Crippen molar-refractivity contribution < 1.29 is 9.90 Å². The highest BCUT2D eigenvalue weighted by Crippen LogP contribution is 2.22. The van der Waals surface area contributed by atoms with Gasteiger partial charge >= 0.3 is 5.97 Å². The molecule has 0 saturated heterocycles. The number of carboxylic acid groups (broad SMARTS) is 1. The molecule has 0 bridgehead atoms. The smallest absolute Gasteiger partial charge is 0.336 e. The average molecular weight is 269 g/mol.